The van der Waals surface area contributed by atoms with E-state index in [0.717, 1.165) is 45.4 Å². The molecule has 2 fully saturated rings. The summed E-state index contributed by atoms with van der Waals surface area (Å²) in [7, 11) is 2.03. The van der Waals surface area contributed by atoms with Crippen LogP contribution in [0.1, 0.15) is 40.0 Å². The van der Waals surface area contributed by atoms with Crippen LogP contribution in [0.25, 0.3) is 0 Å². The van der Waals surface area contributed by atoms with E-state index in [0.29, 0.717) is 23.9 Å². The fourth-order valence-electron chi connectivity index (χ4n) is 3.89. The minimum absolute atomic E-state index is 0.229. The Hall–Kier alpha value is -0.610. The normalized spacial score (nSPS) is 35.8. The summed E-state index contributed by atoms with van der Waals surface area (Å²) in [5, 5.41) is 3.43. The minimum Gasteiger partial charge on any atom is -0.342 e. The molecule has 0 spiro atoms. The zero-order valence-corrected chi connectivity index (χ0v) is 13.6. The highest BCUT2D eigenvalue weighted by Crippen LogP contribution is 2.25. The van der Waals surface area contributed by atoms with E-state index in [2.05, 4.69) is 35.9 Å². The molecule has 0 aromatic rings. The zero-order chi connectivity index (χ0) is 14.7. The third-order valence-corrected chi connectivity index (χ3v) is 5.21. The van der Waals surface area contributed by atoms with Crippen LogP contribution in [-0.2, 0) is 4.79 Å². The Labute approximate surface area is 123 Å². The molecule has 20 heavy (non-hydrogen) atoms. The van der Waals surface area contributed by atoms with Crippen LogP contribution in [0.2, 0.25) is 0 Å². The molecule has 0 aromatic heterocycles. The average molecular weight is 281 g/mol. The van der Waals surface area contributed by atoms with E-state index >= 15 is 0 Å². The Morgan fingerprint density at radius 3 is 2.70 bits per heavy atom. The largest absolute Gasteiger partial charge is 0.342 e. The van der Waals surface area contributed by atoms with E-state index in [-0.39, 0.29) is 5.92 Å². The van der Waals surface area contributed by atoms with Crippen molar-refractivity contribution in [2.75, 3.05) is 33.2 Å². The van der Waals surface area contributed by atoms with Gasteiger partial charge in [0.25, 0.3) is 0 Å². The lowest BCUT2D eigenvalue weighted by Crippen LogP contribution is -2.53. The highest BCUT2D eigenvalue weighted by atomic mass is 16.2. The van der Waals surface area contributed by atoms with Crippen LogP contribution in [-0.4, -0.2) is 61.0 Å². The summed E-state index contributed by atoms with van der Waals surface area (Å²) in [6.07, 6.45) is 3.11. The van der Waals surface area contributed by atoms with Crippen molar-refractivity contribution in [3.05, 3.63) is 0 Å². The molecule has 2 aliphatic heterocycles. The molecule has 0 saturated carbocycles. The van der Waals surface area contributed by atoms with Crippen LogP contribution in [0.15, 0.2) is 0 Å². The first kappa shape index (κ1) is 15.8. The smallest absolute Gasteiger partial charge is 0.225 e. The van der Waals surface area contributed by atoms with E-state index in [9.17, 15) is 4.79 Å². The minimum atomic E-state index is 0.229. The molecular weight excluding hydrogens is 250 g/mol. The second-order valence-corrected chi connectivity index (χ2v) is 6.75. The second kappa shape index (κ2) is 6.90. The van der Waals surface area contributed by atoms with E-state index in [1.807, 2.05) is 7.05 Å². The summed E-state index contributed by atoms with van der Waals surface area (Å²) in [6, 6.07) is 0.904. The summed E-state index contributed by atoms with van der Waals surface area (Å²) in [6.45, 7) is 11.1. The summed E-state index contributed by atoms with van der Waals surface area (Å²) in [5.74, 6) is 1.18. The Morgan fingerprint density at radius 2 is 2.10 bits per heavy atom. The molecule has 0 aromatic carbocycles. The predicted octanol–water partition coefficient (Wildman–Crippen LogP) is 1.56. The number of carbonyl (C=O) groups excluding carboxylic acids is 1. The van der Waals surface area contributed by atoms with Crippen LogP contribution in [0, 0.1) is 11.8 Å². The van der Waals surface area contributed by atoms with E-state index in [1.54, 1.807) is 0 Å². The van der Waals surface area contributed by atoms with Gasteiger partial charge in [0.05, 0.1) is 0 Å². The lowest BCUT2D eigenvalue weighted by Gasteiger charge is -2.42. The van der Waals surface area contributed by atoms with Crippen molar-refractivity contribution >= 4 is 5.91 Å². The number of amides is 1. The van der Waals surface area contributed by atoms with Crippen LogP contribution >= 0.6 is 0 Å². The van der Waals surface area contributed by atoms with E-state index < -0.39 is 0 Å². The number of hydrogen-bond acceptors (Lipinski definition) is 3. The molecule has 4 nitrogen and oxygen atoms in total. The summed E-state index contributed by atoms with van der Waals surface area (Å²) in [4.78, 5) is 17.3. The Morgan fingerprint density at radius 1 is 1.35 bits per heavy atom. The van der Waals surface area contributed by atoms with Gasteiger partial charge >= 0.3 is 0 Å². The van der Waals surface area contributed by atoms with Crippen molar-refractivity contribution in [2.45, 2.75) is 52.1 Å². The molecule has 2 rings (SSSR count). The van der Waals surface area contributed by atoms with Gasteiger partial charge < -0.3 is 15.1 Å². The van der Waals surface area contributed by atoms with Crippen LogP contribution in [0.5, 0.6) is 0 Å². The number of nitrogens with one attached hydrogen (secondary N) is 1. The van der Waals surface area contributed by atoms with Gasteiger partial charge in [-0.05, 0) is 45.2 Å². The fourth-order valence-corrected chi connectivity index (χ4v) is 3.89. The molecule has 116 valence electrons. The molecule has 4 heteroatoms. The van der Waals surface area contributed by atoms with Crippen LogP contribution in [0.3, 0.4) is 0 Å². The number of rotatable bonds is 3. The molecule has 1 amide bonds. The maximum Gasteiger partial charge on any atom is 0.225 e. The first-order valence-electron chi connectivity index (χ1n) is 8.25. The number of hydrogen-bond donors (Lipinski definition) is 1. The Bertz CT molecular complexity index is 334. The van der Waals surface area contributed by atoms with Crippen molar-refractivity contribution in [2.24, 2.45) is 11.8 Å². The van der Waals surface area contributed by atoms with Crippen LogP contribution in [0.4, 0.5) is 0 Å². The highest BCUT2D eigenvalue weighted by Gasteiger charge is 2.34. The van der Waals surface area contributed by atoms with Gasteiger partial charge in [-0.1, -0.05) is 13.8 Å². The maximum absolute atomic E-state index is 12.7. The van der Waals surface area contributed by atoms with Crippen molar-refractivity contribution in [1.29, 1.82) is 0 Å². The van der Waals surface area contributed by atoms with Crippen molar-refractivity contribution < 1.29 is 4.79 Å². The summed E-state index contributed by atoms with van der Waals surface area (Å²) < 4.78 is 0. The molecular formula is C16H31N3O. The molecule has 2 unspecified atom stereocenters. The van der Waals surface area contributed by atoms with Crippen molar-refractivity contribution in [1.82, 2.24) is 15.1 Å². The standard InChI is InChI=1S/C16H31N3O/c1-5-19-9-7-15(12(2)11-19)18(4)16(20)14-6-8-17-13(3)10-14/h12-15,17H,5-11H2,1-4H3/t12?,13-,14-,15?/m0/s1. The number of nitrogens with zero attached hydrogens (tertiary/aromatic N) is 2. The van der Waals surface area contributed by atoms with Gasteiger partial charge in [0.2, 0.25) is 5.91 Å². The molecule has 4 atom stereocenters. The molecule has 1 N–H and O–H groups in total. The zero-order valence-electron chi connectivity index (χ0n) is 13.6. The lowest BCUT2D eigenvalue weighted by atomic mass is 9.88. The second-order valence-electron chi connectivity index (χ2n) is 6.75. The number of carbonyl (C=O) groups is 1. The van der Waals surface area contributed by atoms with Crippen molar-refractivity contribution in [3.8, 4) is 0 Å². The molecule has 2 heterocycles. The van der Waals surface area contributed by atoms with Gasteiger partial charge in [-0.15, -0.1) is 0 Å². The first-order valence-corrected chi connectivity index (χ1v) is 8.25. The quantitative estimate of drug-likeness (QED) is 0.853. The van der Waals surface area contributed by atoms with E-state index in [1.165, 1.54) is 0 Å². The van der Waals surface area contributed by atoms with Crippen molar-refractivity contribution in [3.63, 3.8) is 0 Å². The average Bonchev–Trinajstić information content (AvgIpc) is 2.45. The van der Waals surface area contributed by atoms with Gasteiger partial charge in [-0.2, -0.15) is 0 Å². The van der Waals surface area contributed by atoms with Crippen LogP contribution < -0.4 is 5.32 Å². The maximum atomic E-state index is 12.7. The van der Waals surface area contributed by atoms with Gasteiger partial charge in [0, 0.05) is 38.1 Å². The molecule has 0 aliphatic carbocycles. The molecule has 2 saturated heterocycles. The van der Waals surface area contributed by atoms with Gasteiger partial charge in [0.1, 0.15) is 0 Å². The summed E-state index contributed by atoms with van der Waals surface area (Å²) in [5.41, 5.74) is 0. The molecule has 0 radical (unpaired) electrons. The Balaban J connectivity index is 1.93. The monoisotopic (exact) mass is 281 g/mol. The van der Waals surface area contributed by atoms with E-state index in [4.69, 9.17) is 0 Å². The molecule has 0 bridgehead atoms. The topological polar surface area (TPSA) is 35.6 Å². The van der Waals surface area contributed by atoms with Gasteiger partial charge in [-0.3, -0.25) is 4.79 Å². The third kappa shape index (κ3) is 3.53. The number of piperidine rings is 2. The highest BCUT2D eigenvalue weighted by molar-refractivity contribution is 5.79. The molecule has 2 aliphatic rings. The Kier molecular flexibility index (Phi) is 5.44. The van der Waals surface area contributed by atoms with Gasteiger partial charge in [0.15, 0.2) is 0 Å². The van der Waals surface area contributed by atoms with Gasteiger partial charge in [-0.25, -0.2) is 0 Å². The first-order chi connectivity index (χ1) is 9.52. The third-order valence-electron chi connectivity index (χ3n) is 5.21. The predicted molar refractivity (Wildman–Crippen MR) is 82.6 cm³/mol. The lowest BCUT2D eigenvalue weighted by molar-refractivity contribution is -0.139. The fraction of sp³-hybridized carbons (Fsp3) is 0.938. The SMILES string of the molecule is CCN1CCC(N(C)C(=O)[C@H]2CCN[C@@H](C)C2)C(C)C1. The number of likely N-dealkylation sites (tertiary alicyclic amines) is 1. The summed E-state index contributed by atoms with van der Waals surface area (Å²) >= 11 is 0.